The number of likely N-dealkylation sites (tertiary alicyclic amines) is 1. The maximum absolute atomic E-state index is 12.2. The van der Waals surface area contributed by atoms with Gasteiger partial charge >= 0.3 is 0 Å². The molecule has 100 valence electrons. The lowest BCUT2D eigenvalue weighted by atomic mass is 9.98. The van der Waals surface area contributed by atoms with E-state index in [1.165, 1.54) is 0 Å². The first-order valence-electron chi connectivity index (χ1n) is 6.44. The first kappa shape index (κ1) is 13.8. The Kier molecular flexibility index (Phi) is 5.45. The lowest BCUT2D eigenvalue weighted by molar-refractivity contribution is 0.135. The van der Waals surface area contributed by atoms with Crippen molar-refractivity contribution < 1.29 is 9.13 Å². The summed E-state index contributed by atoms with van der Waals surface area (Å²) in [5, 5.41) is 0. The Morgan fingerprint density at radius 3 is 2.78 bits per heavy atom. The van der Waals surface area contributed by atoms with Crippen LogP contribution >= 0.6 is 15.9 Å². The molecule has 2 rings (SSSR count). The van der Waals surface area contributed by atoms with Crippen LogP contribution in [0.5, 0.6) is 5.75 Å². The van der Waals surface area contributed by atoms with E-state index >= 15 is 0 Å². The Bertz CT molecular complexity index is 367. The first-order valence-corrected chi connectivity index (χ1v) is 7.24. The van der Waals surface area contributed by atoms with E-state index in [2.05, 4.69) is 20.8 Å². The molecule has 18 heavy (non-hydrogen) atoms. The number of ether oxygens (including phenoxy) is 1. The molecule has 1 aliphatic heterocycles. The van der Waals surface area contributed by atoms with Gasteiger partial charge in [-0.2, -0.15) is 0 Å². The van der Waals surface area contributed by atoms with Gasteiger partial charge in [0.25, 0.3) is 0 Å². The predicted molar refractivity (Wildman–Crippen MR) is 74.8 cm³/mol. The van der Waals surface area contributed by atoms with Crippen LogP contribution in [0.15, 0.2) is 28.7 Å². The second kappa shape index (κ2) is 7.10. The molecule has 0 atom stereocenters. The Morgan fingerprint density at radius 1 is 1.33 bits per heavy atom. The number of halogens is 2. The molecule has 0 spiro atoms. The Morgan fingerprint density at radius 2 is 2.11 bits per heavy atom. The lowest BCUT2D eigenvalue weighted by Gasteiger charge is -2.31. The largest absolute Gasteiger partial charge is 0.493 e. The molecular formula is C14H19BrFNO. The van der Waals surface area contributed by atoms with Crippen molar-refractivity contribution in [1.82, 2.24) is 4.90 Å². The second-order valence-electron chi connectivity index (χ2n) is 4.74. The summed E-state index contributed by atoms with van der Waals surface area (Å²) in [4.78, 5) is 2.19. The van der Waals surface area contributed by atoms with E-state index in [-0.39, 0.29) is 6.67 Å². The number of nitrogens with zero attached hydrogens (tertiary/aromatic N) is 1. The summed E-state index contributed by atoms with van der Waals surface area (Å²) in [5.74, 6) is 1.51. The zero-order valence-corrected chi connectivity index (χ0v) is 12.0. The number of hydrogen-bond donors (Lipinski definition) is 0. The average Bonchev–Trinajstić information content (AvgIpc) is 2.38. The molecule has 0 bridgehead atoms. The summed E-state index contributed by atoms with van der Waals surface area (Å²) in [6, 6.07) is 7.92. The van der Waals surface area contributed by atoms with Gasteiger partial charge < -0.3 is 9.64 Å². The van der Waals surface area contributed by atoms with Crippen molar-refractivity contribution >= 4 is 15.9 Å². The van der Waals surface area contributed by atoms with E-state index in [4.69, 9.17) is 4.74 Å². The molecule has 0 amide bonds. The molecule has 1 saturated heterocycles. The van der Waals surface area contributed by atoms with Crippen LogP contribution in [0.1, 0.15) is 12.8 Å². The predicted octanol–water partition coefficient (Wildman–Crippen LogP) is 3.51. The van der Waals surface area contributed by atoms with Crippen LogP contribution in [0.3, 0.4) is 0 Å². The number of piperidine rings is 1. The molecule has 0 aromatic heterocycles. The van der Waals surface area contributed by atoms with Gasteiger partial charge in [-0.25, -0.2) is 4.39 Å². The highest BCUT2D eigenvalue weighted by Crippen LogP contribution is 2.21. The molecule has 4 heteroatoms. The highest BCUT2D eigenvalue weighted by Gasteiger charge is 2.19. The van der Waals surface area contributed by atoms with Crippen molar-refractivity contribution in [1.29, 1.82) is 0 Å². The number of rotatable bonds is 5. The van der Waals surface area contributed by atoms with E-state index in [1.54, 1.807) is 0 Å². The summed E-state index contributed by atoms with van der Waals surface area (Å²) in [6.07, 6.45) is 2.21. The van der Waals surface area contributed by atoms with Crippen molar-refractivity contribution in [3.05, 3.63) is 28.7 Å². The molecule has 0 unspecified atom stereocenters. The van der Waals surface area contributed by atoms with Crippen LogP contribution in [-0.4, -0.2) is 37.8 Å². The third-order valence-corrected chi connectivity index (χ3v) is 3.88. The lowest BCUT2D eigenvalue weighted by Crippen LogP contribution is -2.36. The average molecular weight is 316 g/mol. The van der Waals surface area contributed by atoms with Crippen LogP contribution in [0.2, 0.25) is 0 Å². The molecule has 0 saturated carbocycles. The molecule has 1 aliphatic rings. The smallest absolute Gasteiger partial charge is 0.120 e. The van der Waals surface area contributed by atoms with E-state index < -0.39 is 0 Å². The van der Waals surface area contributed by atoms with Gasteiger partial charge in [-0.15, -0.1) is 0 Å². The molecule has 2 nitrogen and oxygen atoms in total. The molecule has 1 aromatic carbocycles. The minimum absolute atomic E-state index is 0.237. The van der Waals surface area contributed by atoms with E-state index in [1.807, 2.05) is 24.3 Å². The first-order chi connectivity index (χ1) is 8.78. The van der Waals surface area contributed by atoms with Crippen LogP contribution in [0, 0.1) is 5.92 Å². The Hall–Kier alpha value is -0.610. The normalized spacial score (nSPS) is 17.9. The number of hydrogen-bond acceptors (Lipinski definition) is 2. The van der Waals surface area contributed by atoms with Crippen LogP contribution < -0.4 is 4.74 Å². The summed E-state index contributed by atoms with van der Waals surface area (Å²) < 4.78 is 19.0. The van der Waals surface area contributed by atoms with E-state index in [0.29, 0.717) is 12.5 Å². The quantitative estimate of drug-likeness (QED) is 0.824. The highest BCUT2D eigenvalue weighted by atomic mass is 79.9. The number of benzene rings is 1. The SMILES string of the molecule is FCCN1CCC(COc2cccc(Br)c2)CC1. The van der Waals surface area contributed by atoms with Gasteiger partial charge in [-0.3, -0.25) is 0 Å². The zero-order valence-electron chi connectivity index (χ0n) is 10.4. The summed E-state index contributed by atoms with van der Waals surface area (Å²) >= 11 is 3.43. The molecule has 0 N–H and O–H groups in total. The number of alkyl halides is 1. The maximum Gasteiger partial charge on any atom is 0.120 e. The highest BCUT2D eigenvalue weighted by molar-refractivity contribution is 9.10. The third kappa shape index (κ3) is 4.25. The maximum atomic E-state index is 12.2. The monoisotopic (exact) mass is 315 g/mol. The summed E-state index contributed by atoms with van der Waals surface area (Å²) in [7, 11) is 0. The molecular weight excluding hydrogens is 297 g/mol. The Balaban J connectivity index is 1.72. The fraction of sp³-hybridized carbons (Fsp3) is 0.571. The molecule has 1 fully saturated rings. The fourth-order valence-electron chi connectivity index (χ4n) is 2.27. The molecule has 0 aliphatic carbocycles. The standard InChI is InChI=1S/C14H19BrFNO/c15-13-2-1-3-14(10-13)18-11-12-4-7-17(8-5-12)9-6-16/h1-3,10,12H,4-9,11H2. The van der Waals surface area contributed by atoms with Crippen molar-refractivity contribution in [3.63, 3.8) is 0 Å². The third-order valence-electron chi connectivity index (χ3n) is 3.39. The molecule has 1 aromatic rings. The van der Waals surface area contributed by atoms with Crippen LogP contribution in [-0.2, 0) is 0 Å². The Labute approximate surface area is 116 Å². The minimum atomic E-state index is -0.237. The topological polar surface area (TPSA) is 12.5 Å². The fourth-order valence-corrected chi connectivity index (χ4v) is 2.65. The van der Waals surface area contributed by atoms with E-state index in [0.717, 1.165) is 42.8 Å². The minimum Gasteiger partial charge on any atom is -0.493 e. The van der Waals surface area contributed by atoms with Crippen LogP contribution in [0.25, 0.3) is 0 Å². The summed E-state index contributed by atoms with van der Waals surface area (Å²) in [6.45, 7) is 3.10. The van der Waals surface area contributed by atoms with Gasteiger partial charge in [-0.05, 0) is 50.0 Å². The molecule has 0 radical (unpaired) electrons. The van der Waals surface area contributed by atoms with Crippen LogP contribution in [0.4, 0.5) is 4.39 Å². The summed E-state index contributed by atoms with van der Waals surface area (Å²) in [5.41, 5.74) is 0. The zero-order chi connectivity index (χ0) is 12.8. The van der Waals surface area contributed by atoms with Gasteiger partial charge in [0.1, 0.15) is 12.4 Å². The molecule has 1 heterocycles. The van der Waals surface area contributed by atoms with Crippen molar-refractivity contribution in [2.45, 2.75) is 12.8 Å². The van der Waals surface area contributed by atoms with Gasteiger partial charge in [0, 0.05) is 11.0 Å². The second-order valence-corrected chi connectivity index (χ2v) is 5.66. The van der Waals surface area contributed by atoms with Crippen molar-refractivity contribution in [3.8, 4) is 5.75 Å². The van der Waals surface area contributed by atoms with Gasteiger partial charge in [-0.1, -0.05) is 22.0 Å². The van der Waals surface area contributed by atoms with Crippen molar-refractivity contribution in [2.75, 3.05) is 32.9 Å². The van der Waals surface area contributed by atoms with Crippen molar-refractivity contribution in [2.24, 2.45) is 5.92 Å². The van der Waals surface area contributed by atoms with Gasteiger partial charge in [0.15, 0.2) is 0 Å². The van der Waals surface area contributed by atoms with E-state index in [9.17, 15) is 4.39 Å². The van der Waals surface area contributed by atoms with Gasteiger partial charge in [0.2, 0.25) is 0 Å². The van der Waals surface area contributed by atoms with Gasteiger partial charge in [0.05, 0.1) is 6.61 Å².